The number of hydrogen-bond acceptors (Lipinski definition) is 4. The van der Waals surface area contributed by atoms with Gasteiger partial charge >= 0.3 is 14.0 Å². The minimum absolute atomic E-state index is 0.113. The minimum atomic E-state index is -2.36. The van der Waals surface area contributed by atoms with Crippen molar-refractivity contribution in [3.05, 3.63) is 65.6 Å². The normalized spacial score (nSPS) is 12.4. The Balaban J connectivity index is 2.02. The molecule has 0 radical (unpaired) electrons. The molecule has 0 aliphatic carbocycles. The first kappa shape index (κ1) is 22.5. The largest absolute Gasteiger partial charge is 0.567 e. The van der Waals surface area contributed by atoms with Crippen LogP contribution in [-0.2, 0) is 13.9 Å². The maximum Gasteiger partial charge on any atom is 0.567 e. The number of carbonyl (C=O) groups is 1. The number of carboxylic acid groups (broad SMARTS) is 1. The van der Waals surface area contributed by atoms with E-state index in [4.69, 9.17) is 9.63 Å². The van der Waals surface area contributed by atoms with Gasteiger partial charge in [0.15, 0.2) is 6.11 Å². The highest BCUT2D eigenvalue weighted by Gasteiger charge is 2.26. The molecule has 0 aliphatic rings. The summed E-state index contributed by atoms with van der Waals surface area (Å²) in [5.74, 6) is 1.50. The van der Waals surface area contributed by atoms with Crippen LogP contribution in [0.25, 0.3) is 16.6 Å². The smallest absolute Gasteiger partial charge is 0.481 e. The predicted octanol–water partition coefficient (Wildman–Crippen LogP) is 4.80. The number of aliphatic carboxylic acids is 1. The highest BCUT2D eigenvalue weighted by molar-refractivity contribution is 7.39. The Kier molecular flexibility index (Phi) is 7.06. The fraction of sp³-hybridized carbons (Fsp3) is 0.261. The van der Waals surface area contributed by atoms with Crippen molar-refractivity contribution in [2.24, 2.45) is 0 Å². The lowest BCUT2D eigenvalue weighted by Crippen LogP contribution is -2.15. The third-order valence-electron chi connectivity index (χ3n) is 4.66. The summed E-state index contributed by atoms with van der Waals surface area (Å²) in [5.41, 5.74) is 3.20. The van der Waals surface area contributed by atoms with Gasteiger partial charge in [0.2, 0.25) is 6.16 Å². The van der Waals surface area contributed by atoms with Crippen LogP contribution in [0.4, 0.5) is 4.39 Å². The number of rotatable bonds is 7. The first-order valence-electron chi connectivity index (χ1n) is 9.69. The second kappa shape index (κ2) is 9.74. The monoisotopic (exact) mass is 442 g/mol. The SMILES string of the molecule is CC(C)c1c(C#CO[P+](=O)CC(O)CC(=O)O)n(-c2ccc(F)cc2)c2ccccc12. The Morgan fingerprint density at radius 3 is 2.52 bits per heavy atom. The lowest BCUT2D eigenvalue weighted by molar-refractivity contribution is -0.138. The van der Waals surface area contributed by atoms with E-state index in [-0.39, 0.29) is 17.9 Å². The summed E-state index contributed by atoms with van der Waals surface area (Å²) in [6.45, 7) is 4.07. The van der Waals surface area contributed by atoms with Crippen molar-refractivity contribution in [2.75, 3.05) is 6.16 Å². The van der Waals surface area contributed by atoms with E-state index in [0.29, 0.717) is 5.69 Å². The molecule has 0 saturated carbocycles. The zero-order valence-corrected chi connectivity index (χ0v) is 18.0. The number of carboxylic acids is 1. The molecule has 2 unspecified atom stereocenters. The van der Waals surface area contributed by atoms with E-state index in [1.807, 2.05) is 42.7 Å². The van der Waals surface area contributed by atoms with Gasteiger partial charge in [0, 0.05) is 17.0 Å². The van der Waals surface area contributed by atoms with Crippen LogP contribution >= 0.6 is 8.03 Å². The summed E-state index contributed by atoms with van der Waals surface area (Å²) in [4.78, 5) is 10.6. The van der Waals surface area contributed by atoms with Crippen LogP contribution in [0, 0.1) is 17.8 Å². The van der Waals surface area contributed by atoms with Gasteiger partial charge in [-0.1, -0.05) is 32.0 Å². The van der Waals surface area contributed by atoms with Crippen LogP contribution in [0.1, 0.15) is 37.4 Å². The molecule has 0 bridgehead atoms. The van der Waals surface area contributed by atoms with Gasteiger partial charge in [-0.15, -0.1) is 0 Å². The lowest BCUT2D eigenvalue weighted by atomic mass is 9.99. The maximum atomic E-state index is 13.5. The summed E-state index contributed by atoms with van der Waals surface area (Å²) in [6, 6.07) is 13.8. The van der Waals surface area contributed by atoms with E-state index >= 15 is 0 Å². The number of aliphatic hydroxyl groups excluding tert-OH is 1. The van der Waals surface area contributed by atoms with Gasteiger partial charge < -0.3 is 14.8 Å². The van der Waals surface area contributed by atoms with E-state index in [2.05, 4.69) is 12.0 Å². The molecular weight excluding hydrogens is 420 g/mol. The highest BCUT2D eigenvalue weighted by Crippen LogP contribution is 2.34. The Labute approximate surface area is 180 Å². The van der Waals surface area contributed by atoms with Crippen molar-refractivity contribution in [3.63, 3.8) is 0 Å². The van der Waals surface area contributed by atoms with Crippen molar-refractivity contribution in [1.29, 1.82) is 0 Å². The fourth-order valence-corrected chi connectivity index (χ4v) is 4.12. The van der Waals surface area contributed by atoms with Crippen molar-refractivity contribution in [2.45, 2.75) is 32.3 Å². The first-order chi connectivity index (χ1) is 14.8. The third kappa shape index (κ3) is 5.29. The number of aliphatic hydroxyl groups is 1. The third-order valence-corrected chi connectivity index (χ3v) is 5.68. The minimum Gasteiger partial charge on any atom is -0.481 e. The number of para-hydroxylation sites is 1. The molecule has 3 rings (SSSR count). The molecule has 0 saturated heterocycles. The fourth-order valence-electron chi connectivity index (χ4n) is 3.43. The number of nitrogens with zero attached hydrogens (tertiary/aromatic N) is 1. The molecule has 8 heteroatoms. The Hall–Kier alpha value is -3.20. The molecule has 0 amide bonds. The van der Waals surface area contributed by atoms with Gasteiger partial charge in [0.25, 0.3) is 0 Å². The average molecular weight is 442 g/mol. The van der Waals surface area contributed by atoms with Gasteiger partial charge in [0.05, 0.1) is 11.9 Å². The molecule has 3 aromatic rings. The molecule has 2 N–H and O–H groups in total. The average Bonchev–Trinajstić information content (AvgIpc) is 3.02. The lowest BCUT2D eigenvalue weighted by Gasteiger charge is -2.09. The predicted molar refractivity (Wildman–Crippen MR) is 116 cm³/mol. The van der Waals surface area contributed by atoms with Gasteiger partial charge in [-0.2, -0.15) is 4.52 Å². The summed E-state index contributed by atoms with van der Waals surface area (Å²) in [5, 5.41) is 19.3. The number of aromatic nitrogens is 1. The van der Waals surface area contributed by atoms with Crippen LogP contribution in [0.2, 0.25) is 0 Å². The standard InChI is InChI=1S/C23H21FNO5P/c1-15(2)23-19-5-3-4-6-20(19)25(17-9-7-16(24)8-10-17)21(23)11-12-30-31(29)14-18(26)13-22(27)28/h3-10,15,18,26H,13-14H2,1-2H3/p+1. The van der Waals surface area contributed by atoms with Gasteiger partial charge in [0.1, 0.15) is 17.6 Å². The zero-order valence-electron chi connectivity index (χ0n) is 17.1. The Bertz CT molecular complexity index is 1170. The second-order valence-electron chi connectivity index (χ2n) is 7.33. The van der Waals surface area contributed by atoms with Crippen molar-refractivity contribution < 1.29 is 28.5 Å². The van der Waals surface area contributed by atoms with Crippen LogP contribution in [0.5, 0.6) is 0 Å². The van der Waals surface area contributed by atoms with E-state index in [0.717, 1.165) is 22.2 Å². The topological polar surface area (TPSA) is 88.8 Å². The molecule has 1 heterocycles. The van der Waals surface area contributed by atoms with Crippen molar-refractivity contribution >= 4 is 24.9 Å². The second-order valence-corrected chi connectivity index (χ2v) is 8.54. The number of halogens is 1. The highest BCUT2D eigenvalue weighted by atomic mass is 31.1. The summed E-state index contributed by atoms with van der Waals surface area (Å²) >= 11 is 0. The van der Waals surface area contributed by atoms with E-state index < -0.39 is 26.5 Å². The van der Waals surface area contributed by atoms with Crippen molar-refractivity contribution in [3.8, 4) is 17.7 Å². The molecule has 6 nitrogen and oxygen atoms in total. The van der Waals surface area contributed by atoms with Crippen LogP contribution in [0.15, 0.2) is 48.5 Å². The Morgan fingerprint density at radius 2 is 1.87 bits per heavy atom. The quantitative estimate of drug-likeness (QED) is 0.406. The van der Waals surface area contributed by atoms with E-state index in [1.54, 1.807) is 12.1 Å². The van der Waals surface area contributed by atoms with Gasteiger partial charge in [-0.05, 0) is 46.4 Å². The van der Waals surface area contributed by atoms with Crippen LogP contribution in [0.3, 0.4) is 0 Å². The molecular formula is C23H22FNO5P+. The van der Waals surface area contributed by atoms with E-state index in [9.17, 15) is 18.9 Å². The van der Waals surface area contributed by atoms with Crippen LogP contribution < -0.4 is 0 Å². The molecule has 31 heavy (non-hydrogen) atoms. The van der Waals surface area contributed by atoms with E-state index in [1.165, 1.54) is 12.1 Å². The van der Waals surface area contributed by atoms with Gasteiger partial charge in [-0.25, -0.2) is 4.39 Å². The van der Waals surface area contributed by atoms with Crippen LogP contribution in [-0.4, -0.2) is 33.0 Å². The summed E-state index contributed by atoms with van der Waals surface area (Å²) < 4.78 is 32.5. The molecule has 0 spiro atoms. The molecule has 1 aromatic heterocycles. The number of hydrogen-bond donors (Lipinski definition) is 2. The first-order valence-corrected chi connectivity index (χ1v) is 11.1. The molecule has 0 aliphatic heterocycles. The summed E-state index contributed by atoms with van der Waals surface area (Å²) in [6.07, 6.45) is 0.328. The maximum absolute atomic E-state index is 13.5. The van der Waals surface area contributed by atoms with Gasteiger partial charge in [-0.3, -0.25) is 4.79 Å². The molecule has 0 fully saturated rings. The van der Waals surface area contributed by atoms with Crippen molar-refractivity contribution in [1.82, 2.24) is 4.57 Å². The molecule has 2 aromatic carbocycles. The molecule has 160 valence electrons. The molecule has 2 atom stereocenters. The Morgan fingerprint density at radius 1 is 1.19 bits per heavy atom. The summed E-state index contributed by atoms with van der Waals surface area (Å²) in [7, 11) is -2.36. The number of benzene rings is 2. The number of fused-ring (bicyclic) bond motifs is 1. The zero-order chi connectivity index (χ0) is 22.5.